The summed E-state index contributed by atoms with van der Waals surface area (Å²) >= 11 is 0. The van der Waals surface area contributed by atoms with E-state index >= 15 is 0 Å². The Morgan fingerprint density at radius 1 is 0.773 bits per heavy atom. The Morgan fingerprint density at radius 2 is 1.27 bits per heavy atom. The topological polar surface area (TPSA) is 94.5 Å². The molecule has 0 spiro atoms. The van der Waals surface area contributed by atoms with Gasteiger partial charge in [-0.15, -0.1) is 0 Å². The molecule has 7 nitrogen and oxygen atoms in total. The van der Waals surface area contributed by atoms with Crippen LogP contribution in [-0.2, 0) is 25.2 Å². The first-order chi connectivity index (χ1) is 21.2. The van der Waals surface area contributed by atoms with Gasteiger partial charge in [0, 0.05) is 0 Å². The van der Waals surface area contributed by atoms with Crippen molar-refractivity contribution in [3.8, 4) is 0 Å². The van der Waals surface area contributed by atoms with Crippen molar-refractivity contribution < 1.29 is 33.6 Å². The van der Waals surface area contributed by atoms with Gasteiger partial charge in [-0.1, -0.05) is 130 Å². The van der Waals surface area contributed by atoms with Crippen LogP contribution >= 0.6 is 0 Å². The maximum atomic E-state index is 13.5. The Morgan fingerprint density at radius 3 is 1.77 bits per heavy atom. The van der Waals surface area contributed by atoms with Crippen LogP contribution < -0.4 is 10.4 Å². The zero-order chi connectivity index (χ0) is 31.2. The monoisotopic (exact) mass is 612 g/mol. The lowest BCUT2D eigenvalue weighted by molar-refractivity contribution is -0.289. The van der Waals surface area contributed by atoms with Gasteiger partial charge in [0.05, 0.1) is 18.8 Å². The summed E-state index contributed by atoms with van der Waals surface area (Å²) in [6.45, 7) is 6.07. The van der Waals surface area contributed by atoms with Crippen LogP contribution in [0.1, 0.15) is 36.7 Å². The first kappa shape index (κ1) is 31.8. The van der Waals surface area contributed by atoms with Crippen LogP contribution in [0.25, 0.3) is 0 Å². The molecule has 1 fully saturated rings. The Balaban J connectivity index is 1.61. The molecule has 1 saturated heterocycles. The van der Waals surface area contributed by atoms with E-state index in [0.717, 1.165) is 15.9 Å². The Hall–Kier alpha value is -3.63. The summed E-state index contributed by atoms with van der Waals surface area (Å²) in [6.07, 6.45) is -5.72. The van der Waals surface area contributed by atoms with Crippen LogP contribution in [0.15, 0.2) is 121 Å². The molecule has 1 aliphatic rings. The van der Waals surface area contributed by atoms with E-state index < -0.39 is 56.6 Å². The molecule has 0 radical (unpaired) electrons. The van der Waals surface area contributed by atoms with Crippen LogP contribution in [0.2, 0.25) is 5.04 Å². The first-order valence-corrected chi connectivity index (χ1v) is 16.8. The van der Waals surface area contributed by atoms with Gasteiger partial charge in [-0.25, -0.2) is 4.79 Å². The summed E-state index contributed by atoms with van der Waals surface area (Å²) in [6, 6.07) is 38.3. The third-order valence-corrected chi connectivity index (χ3v) is 13.0. The highest BCUT2D eigenvalue weighted by Gasteiger charge is 2.57. The number of hydrogen-bond acceptors (Lipinski definition) is 7. The van der Waals surface area contributed by atoms with Gasteiger partial charge in [-0.2, -0.15) is 0 Å². The summed E-state index contributed by atoms with van der Waals surface area (Å²) in [5.74, 6) is -0.599. The quantitative estimate of drug-likeness (QED) is 0.202. The van der Waals surface area contributed by atoms with Crippen LogP contribution in [0.5, 0.6) is 0 Å². The molecule has 8 heteroatoms. The third kappa shape index (κ3) is 6.71. The number of aliphatic hydroxyl groups is 2. The zero-order valence-corrected chi connectivity index (χ0v) is 26.3. The van der Waals surface area contributed by atoms with E-state index in [1.54, 1.807) is 24.3 Å². The minimum Gasteiger partial charge on any atom is -0.450 e. The zero-order valence-electron chi connectivity index (χ0n) is 25.3. The molecule has 1 heterocycles. The lowest BCUT2D eigenvalue weighted by atomic mass is 9.98. The molecular weight excluding hydrogens is 572 g/mol. The minimum absolute atomic E-state index is 0.145. The number of aliphatic hydroxyl groups excluding tert-OH is 2. The van der Waals surface area contributed by atoms with Crippen molar-refractivity contribution in [2.24, 2.45) is 0 Å². The van der Waals surface area contributed by atoms with E-state index in [-0.39, 0.29) is 6.61 Å². The van der Waals surface area contributed by atoms with Gasteiger partial charge in [-0.3, -0.25) is 0 Å². The summed E-state index contributed by atoms with van der Waals surface area (Å²) < 4.78 is 26.1. The summed E-state index contributed by atoms with van der Waals surface area (Å²) in [4.78, 5) is 13.5. The standard InChI is InChI=1S/C36H40O7Si/c1-36(2,3)44(28-20-12-6-13-21-28,29-22-14-7-15-23-29)43-35-33(42-34(39)27-18-10-5-11-19-27)32(31(38)30(24-37)41-35)40-25-26-16-8-4-9-17-26/h4-23,30-33,35,37-38H,24-25H2,1-3H3/t30?,31-,32-,33?,35+/m1/s1. The number of rotatable bonds is 10. The second-order valence-electron chi connectivity index (χ2n) is 12.0. The Labute approximate surface area is 260 Å². The number of esters is 1. The van der Waals surface area contributed by atoms with Crippen LogP contribution in [0.3, 0.4) is 0 Å². The Kier molecular flexibility index (Phi) is 10.1. The number of carbonyl (C=O) groups excluding carboxylic acids is 1. The minimum atomic E-state index is -3.22. The van der Waals surface area contributed by atoms with Gasteiger partial charge in [0.25, 0.3) is 8.32 Å². The molecule has 0 aromatic heterocycles. The fraction of sp³-hybridized carbons (Fsp3) is 0.306. The van der Waals surface area contributed by atoms with E-state index in [0.29, 0.717) is 5.56 Å². The molecule has 2 unspecified atom stereocenters. The number of hydrogen-bond donors (Lipinski definition) is 2. The van der Waals surface area contributed by atoms with Gasteiger partial charge in [0.1, 0.15) is 18.3 Å². The van der Waals surface area contributed by atoms with Crippen LogP contribution in [0.4, 0.5) is 0 Å². The van der Waals surface area contributed by atoms with Gasteiger partial charge in [-0.05, 0) is 33.1 Å². The molecule has 1 aliphatic heterocycles. The largest absolute Gasteiger partial charge is 0.450 e. The van der Waals surface area contributed by atoms with Gasteiger partial charge < -0.3 is 28.8 Å². The molecule has 4 aromatic rings. The van der Waals surface area contributed by atoms with Crippen molar-refractivity contribution in [3.63, 3.8) is 0 Å². The highest BCUT2D eigenvalue weighted by molar-refractivity contribution is 6.99. The van der Waals surface area contributed by atoms with E-state index in [9.17, 15) is 15.0 Å². The fourth-order valence-corrected chi connectivity index (χ4v) is 10.4. The van der Waals surface area contributed by atoms with E-state index in [1.165, 1.54) is 0 Å². The molecule has 230 valence electrons. The second-order valence-corrected chi connectivity index (χ2v) is 16.2. The van der Waals surface area contributed by atoms with Crippen LogP contribution in [0, 0.1) is 0 Å². The van der Waals surface area contributed by atoms with Crippen molar-refractivity contribution in [1.82, 2.24) is 0 Å². The fourth-order valence-electron chi connectivity index (χ4n) is 5.85. The van der Waals surface area contributed by atoms with Crippen LogP contribution in [-0.4, -0.2) is 61.8 Å². The maximum Gasteiger partial charge on any atom is 0.338 e. The Bertz CT molecular complexity index is 1420. The molecule has 0 aliphatic carbocycles. The van der Waals surface area contributed by atoms with Gasteiger partial charge >= 0.3 is 5.97 Å². The molecule has 0 saturated carbocycles. The predicted molar refractivity (Wildman–Crippen MR) is 171 cm³/mol. The van der Waals surface area contributed by atoms with E-state index in [1.807, 2.05) is 72.8 Å². The third-order valence-electron chi connectivity index (χ3n) is 8.05. The average molecular weight is 613 g/mol. The van der Waals surface area contributed by atoms with Gasteiger partial charge in [0.2, 0.25) is 0 Å². The van der Waals surface area contributed by atoms with Crippen molar-refractivity contribution >= 4 is 24.7 Å². The maximum absolute atomic E-state index is 13.5. The summed E-state index contributed by atoms with van der Waals surface area (Å²) in [5, 5.41) is 23.3. The number of benzene rings is 4. The highest BCUT2D eigenvalue weighted by Crippen LogP contribution is 2.40. The number of ether oxygens (including phenoxy) is 3. The SMILES string of the molecule is CC(C)(C)[Si](O[C@@H]1OC(CO)[C@@H](O)[C@@H](OCc2ccccc2)C1OC(=O)c1ccccc1)(c1ccccc1)c1ccccc1. The molecule has 4 aromatic carbocycles. The molecule has 44 heavy (non-hydrogen) atoms. The average Bonchev–Trinajstić information content (AvgIpc) is 3.05. The molecular formula is C36H40O7Si. The lowest BCUT2D eigenvalue weighted by Crippen LogP contribution is -2.71. The van der Waals surface area contributed by atoms with Crippen molar-refractivity contribution in [1.29, 1.82) is 0 Å². The molecule has 5 atom stereocenters. The predicted octanol–water partition coefficient (Wildman–Crippen LogP) is 4.45. The van der Waals surface area contributed by atoms with E-state index in [4.69, 9.17) is 18.6 Å². The van der Waals surface area contributed by atoms with Crippen molar-refractivity contribution in [2.45, 2.75) is 63.1 Å². The smallest absolute Gasteiger partial charge is 0.338 e. The second kappa shape index (κ2) is 14.0. The first-order valence-electron chi connectivity index (χ1n) is 14.9. The van der Waals surface area contributed by atoms with Crippen molar-refractivity contribution in [2.75, 3.05) is 6.61 Å². The summed E-state index contributed by atoms with van der Waals surface area (Å²) in [7, 11) is -3.22. The molecule has 0 amide bonds. The number of carbonyl (C=O) groups is 1. The van der Waals surface area contributed by atoms with Gasteiger partial charge in [0.15, 0.2) is 12.4 Å². The summed E-state index contributed by atoms with van der Waals surface area (Å²) in [5.41, 5.74) is 1.22. The lowest BCUT2D eigenvalue weighted by Gasteiger charge is -2.49. The molecule has 5 rings (SSSR count). The highest BCUT2D eigenvalue weighted by atomic mass is 28.4. The van der Waals surface area contributed by atoms with E-state index in [2.05, 4.69) is 45.0 Å². The molecule has 2 N–H and O–H groups in total. The van der Waals surface area contributed by atoms with Crippen molar-refractivity contribution in [3.05, 3.63) is 132 Å². The normalized spacial score (nSPS) is 22.3. The molecule has 0 bridgehead atoms.